The van der Waals surface area contributed by atoms with Gasteiger partial charge in [0, 0.05) is 22.8 Å². The van der Waals surface area contributed by atoms with Gasteiger partial charge in [0.1, 0.15) is 22.7 Å². The molecule has 32 heavy (non-hydrogen) atoms. The number of benzene rings is 1. The number of halogens is 2. The fourth-order valence-electron chi connectivity index (χ4n) is 2.96. The Balaban J connectivity index is 1.86. The van der Waals surface area contributed by atoms with Crippen molar-refractivity contribution in [3.8, 4) is 11.5 Å². The average molecular weight is 478 g/mol. The normalized spacial score (nSPS) is 11.2. The molecule has 0 atom stereocenters. The van der Waals surface area contributed by atoms with Crippen molar-refractivity contribution >= 4 is 29.3 Å². The molecule has 8 nitrogen and oxygen atoms in total. The van der Waals surface area contributed by atoms with Crippen LogP contribution in [0.4, 0.5) is 4.79 Å². The zero-order valence-corrected chi connectivity index (χ0v) is 19.9. The third kappa shape index (κ3) is 6.55. The molecule has 170 valence electrons. The van der Waals surface area contributed by atoms with Gasteiger partial charge in [-0.25, -0.2) is 9.48 Å². The monoisotopic (exact) mass is 477 g/mol. The van der Waals surface area contributed by atoms with Crippen LogP contribution in [0.3, 0.4) is 0 Å². The minimum Gasteiger partial charge on any atom is -0.453 e. The third-order valence-electron chi connectivity index (χ3n) is 4.21. The van der Waals surface area contributed by atoms with E-state index >= 15 is 0 Å². The number of nitrogens with zero attached hydrogens (tertiary/aromatic N) is 4. The largest absolute Gasteiger partial charge is 0.453 e. The molecule has 10 heteroatoms. The molecule has 3 aromatic rings. The van der Waals surface area contributed by atoms with Crippen LogP contribution >= 0.6 is 23.2 Å². The van der Waals surface area contributed by atoms with Crippen molar-refractivity contribution in [1.29, 1.82) is 0 Å². The Labute approximate surface area is 197 Å². The van der Waals surface area contributed by atoms with Gasteiger partial charge in [-0.1, -0.05) is 30.1 Å². The molecule has 0 aliphatic carbocycles. The summed E-state index contributed by atoms with van der Waals surface area (Å²) in [6.45, 7) is 8.52. The lowest BCUT2D eigenvalue weighted by Gasteiger charge is -2.19. The zero-order valence-electron chi connectivity index (χ0n) is 18.4. The molecule has 0 spiro atoms. The maximum Gasteiger partial charge on any atom is 0.407 e. The topological polar surface area (TPSA) is 83.2 Å². The predicted molar refractivity (Wildman–Crippen MR) is 121 cm³/mol. The van der Waals surface area contributed by atoms with Gasteiger partial charge in [-0.2, -0.15) is 10.2 Å². The Kier molecular flexibility index (Phi) is 7.54. The van der Waals surface area contributed by atoms with E-state index in [1.54, 1.807) is 27.6 Å². The van der Waals surface area contributed by atoms with E-state index < -0.39 is 11.7 Å². The number of carbonyl (C=O) groups is 1. The minimum atomic E-state index is -0.567. The van der Waals surface area contributed by atoms with Crippen molar-refractivity contribution in [2.75, 3.05) is 6.54 Å². The van der Waals surface area contributed by atoms with Crippen LogP contribution in [0.15, 0.2) is 24.4 Å². The summed E-state index contributed by atoms with van der Waals surface area (Å²) in [6.07, 6.45) is 4.58. The molecule has 0 unspecified atom stereocenters. The van der Waals surface area contributed by atoms with Gasteiger partial charge >= 0.3 is 6.09 Å². The van der Waals surface area contributed by atoms with E-state index in [1.807, 2.05) is 27.7 Å². The molecule has 0 bridgehead atoms. The van der Waals surface area contributed by atoms with E-state index in [0.29, 0.717) is 47.6 Å². The Hall–Kier alpha value is -2.89. The first-order valence-corrected chi connectivity index (χ1v) is 10.9. The van der Waals surface area contributed by atoms with E-state index in [-0.39, 0.29) is 0 Å². The first-order valence-electron chi connectivity index (χ1n) is 10.1. The van der Waals surface area contributed by atoms with Crippen molar-refractivity contribution in [3.05, 3.63) is 58.1 Å². The van der Waals surface area contributed by atoms with Gasteiger partial charge in [-0.05, 0) is 51.5 Å². The summed E-state index contributed by atoms with van der Waals surface area (Å²) < 4.78 is 14.9. The number of aromatic nitrogens is 4. The number of aryl methyl sites for hydroxylation is 1. The molecule has 3 rings (SSSR count). The number of alkyl carbamates (subject to hydrolysis) is 1. The van der Waals surface area contributed by atoms with Crippen molar-refractivity contribution < 1.29 is 14.3 Å². The number of carbonyl (C=O) groups excluding carboxylic acids is 1. The molecular formula is C22H25Cl2N5O3. The van der Waals surface area contributed by atoms with Gasteiger partial charge in [-0.3, -0.25) is 4.68 Å². The first kappa shape index (κ1) is 23.8. The number of hydrogen-bond donors (Lipinski definition) is 1. The van der Waals surface area contributed by atoms with Gasteiger partial charge in [0.2, 0.25) is 0 Å². The minimum absolute atomic E-state index is 0.324. The molecule has 1 amide bonds. The SMILES string of the molecule is CCc1nn(CCNC(=O)OC(C)(C)C)c(Cn2c#ccn2)c1Oc1cc(Cl)cc(Cl)c1. The van der Waals surface area contributed by atoms with E-state index in [1.165, 1.54) is 6.20 Å². The molecular weight excluding hydrogens is 453 g/mol. The third-order valence-corrected chi connectivity index (χ3v) is 4.65. The van der Waals surface area contributed by atoms with Gasteiger partial charge in [0.05, 0.1) is 19.3 Å². The molecule has 0 aliphatic rings. The van der Waals surface area contributed by atoms with Gasteiger partial charge < -0.3 is 14.8 Å². The van der Waals surface area contributed by atoms with Gasteiger partial charge in [0.15, 0.2) is 5.75 Å². The highest BCUT2D eigenvalue weighted by Crippen LogP contribution is 2.33. The highest BCUT2D eigenvalue weighted by molar-refractivity contribution is 6.34. The lowest BCUT2D eigenvalue weighted by molar-refractivity contribution is 0.0525. The average Bonchev–Trinajstić information content (AvgIpc) is 3.29. The second-order valence-corrected chi connectivity index (χ2v) is 8.87. The van der Waals surface area contributed by atoms with Crippen molar-refractivity contribution in [2.24, 2.45) is 0 Å². The van der Waals surface area contributed by atoms with E-state index in [0.717, 1.165) is 11.4 Å². The highest BCUT2D eigenvalue weighted by atomic mass is 35.5. The van der Waals surface area contributed by atoms with Gasteiger partial charge in [0.25, 0.3) is 0 Å². The molecule has 0 saturated heterocycles. The molecule has 0 saturated carbocycles. The fourth-order valence-corrected chi connectivity index (χ4v) is 3.47. The van der Waals surface area contributed by atoms with Crippen molar-refractivity contribution in [3.63, 3.8) is 0 Å². The Morgan fingerprint density at radius 2 is 1.94 bits per heavy atom. The molecule has 2 heterocycles. The second kappa shape index (κ2) is 10.2. The van der Waals surface area contributed by atoms with Crippen LogP contribution in [0.25, 0.3) is 0 Å². The summed E-state index contributed by atoms with van der Waals surface area (Å²) in [7, 11) is 0. The zero-order chi connectivity index (χ0) is 23.3. The Morgan fingerprint density at radius 3 is 2.53 bits per heavy atom. The number of amides is 1. The quantitative estimate of drug-likeness (QED) is 0.497. The van der Waals surface area contributed by atoms with Crippen molar-refractivity contribution in [1.82, 2.24) is 24.9 Å². The van der Waals surface area contributed by atoms with Crippen LogP contribution in [-0.2, 0) is 24.2 Å². The van der Waals surface area contributed by atoms with Gasteiger partial charge in [-0.15, -0.1) is 0 Å². The number of rotatable bonds is 8. The predicted octanol–water partition coefficient (Wildman–Crippen LogP) is 4.91. The summed E-state index contributed by atoms with van der Waals surface area (Å²) >= 11 is 12.3. The molecule has 2 aromatic heterocycles. The maximum atomic E-state index is 12.0. The number of ether oxygens (including phenoxy) is 2. The second-order valence-electron chi connectivity index (χ2n) is 7.99. The van der Waals surface area contributed by atoms with Crippen LogP contribution in [0.1, 0.15) is 39.1 Å². The summed E-state index contributed by atoms with van der Waals surface area (Å²) in [4.78, 5) is 12.0. The Bertz CT molecular complexity index is 1040. The summed E-state index contributed by atoms with van der Waals surface area (Å²) in [5.41, 5.74) is 0.948. The van der Waals surface area contributed by atoms with E-state index in [9.17, 15) is 4.79 Å². The van der Waals surface area contributed by atoms with E-state index in [2.05, 4.69) is 22.7 Å². The fraction of sp³-hybridized carbons (Fsp3) is 0.409. The molecule has 0 radical (unpaired) electrons. The smallest absolute Gasteiger partial charge is 0.407 e. The summed E-state index contributed by atoms with van der Waals surface area (Å²) in [5, 5.41) is 12.6. The lowest BCUT2D eigenvalue weighted by atomic mass is 10.2. The molecule has 1 N–H and O–H groups in total. The standard InChI is InChI=1S/C22H25Cl2N5O3/c1-5-18-20(31-17-12-15(23)11-16(24)13-17)19(14-28-9-6-7-26-28)29(27-18)10-8-25-21(30)32-22(2,3)4/h7,11-13H,5,8,10,14H2,1-4H3,(H,25,30). The van der Waals surface area contributed by atoms with Crippen molar-refractivity contribution in [2.45, 2.75) is 52.8 Å². The number of hydrogen-bond acceptors (Lipinski definition) is 5. The Morgan fingerprint density at radius 1 is 1.22 bits per heavy atom. The van der Waals surface area contributed by atoms with Crippen LogP contribution < -0.4 is 10.1 Å². The number of nitrogens with one attached hydrogen (secondary N) is 1. The molecule has 1 aromatic carbocycles. The van der Waals surface area contributed by atoms with Crippen LogP contribution in [0.2, 0.25) is 10.0 Å². The summed E-state index contributed by atoms with van der Waals surface area (Å²) in [5.74, 6) is 1.09. The van der Waals surface area contributed by atoms with Crippen LogP contribution in [0, 0.1) is 12.3 Å². The molecule has 0 fully saturated rings. The lowest BCUT2D eigenvalue weighted by Crippen LogP contribution is -2.34. The first-order chi connectivity index (χ1) is 15.1. The molecule has 0 aliphatic heterocycles. The summed E-state index contributed by atoms with van der Waals surface area (Å²) in [6, 6.07) is 7.81. The highest BCUT2D eigenvalue weighted by Gasteiger charge is 2.21. The van der Waals surface area contributed by atoms with Crippen LogP contribution in [-0.4, -0.2) is 37.8 Å². The maximum absolute atomic E-state index is 12.0. The van der Waals surface area contributed by atoms with Crippen LogP contribution in [0.5, 0.6) is 11.5 Å². The van der Waals surface area contributed by atoms with E-state index in [4.69, 9.17) is 37.8 Å².